The zero-order valence-electron chi connectivity index (χ0n) is 10.2. The van der Waals surface area contributed by atoms with Crippen LogP contribution in [0, 0.1) is 0 Å². The normalized spacial score (nSPS) is 16.2. The Morgan fingerprint density at radius 2 is 1.89 bits per heavy atom. The molecule has 2 aromatic rings. The molecule has 0 saturated heterocycles. The fourth-order valence-corrected chi connectivity index (χ4v) is 4.53. The lowest BCUT2D eigenvalue weighted by atomic mass is 10.1. The van der Waals surface area contributed by atoms with Gasteiger partial charge in [0.2, 0.25) is 10.0 Å². The van der Waals surface area contributed by atoms with E-state index in [1.165, 1.54) is 9.18 Å². The van der Waals surface area contributed by atoms with Gasteiger partial charge < -0.3 is 5.73 Å². The predicted molar refractivity (Wildman–Crippen MR) is 76.5 cm³/mol. The monoisotopic (exact) mass is 294 g/mol. The van der Waals surface area contributed by atoms with Crippen LogP contribution in [0.2, 0.25) is 0 Å². The van der Waals surface area contributed by atoms with Gasteiger partial charge in [-0.3, -0.25) is 0 Å². The Morgan fingerprint density at radius 1 is 1.16 bits per heavy atom. The first kappa shape index (κ1) is 12.7. The van der Waals surface area contributed by atoms with Crippen molar-refractivity contribution in [2.24, 2.45) is 0 Å². The van der Waals surface area contributed by atoms with Crippen LogP contribution in [-0.4, -0.2) is 19.3 Å². The molecule has 4 nitrogen and oxygen atoms in total. The molecule has 0 spiro atoms. The lowest BCUT2D eigenvalue weighted by molar-refractivity contribution is 0.394. The Hall–Kier alpha value is -1.37. The summed E-state index contributed by atoms with van der Waals surface area (Å²) in [7, 11) is -3.42. The number of nitrogens with two attached hydrogens (primary N) is 1. The van der Waals surface area contributed by atoms with E-state index in [1.54, 1.807) is 35.6 Å². The summed E-state index contributed by atoms with van der Waals surface area (Å²) in [4.78, 5) is 1.60. The SMILES string of the molecule is Nc1ccc(S(=O)(=O)N2CCc3sccc3C2)cc1. The zero-order valence-corrected chi connectivity index (χ0v) is 11.9. The van der Waals surface area contributed by atoms with Gasteiger partial charge in [-0.2, -0.15) is 4.31 Å². The van der Waals surface area contributed by atoms with Gasteiger partial charge in [0.15, 0.2) is 0 Å². The van der Waals surface area contributed by atoms with Crippen LogP contribution < -0.4 is 5.73 Å². The Bertz CT molecular complexity index is 690. The van der Waals surface area contributed by atoms with Crippen LogP contribution in [0.5, 0.6) is 0 Å². The van der Waals surface area contributed by atoms with Gasteiger partial charge in [0.25, 0.3) is 0 Å². The van der Waals surface area contributed by atoms with E-state index in [1.807, 2.05) is 11.4 Å². The minimum Gasteiger partial charge on any atom is -0.399 e. The second kappa shape index (κ2) is 4.63. The molecule has 1 aromatic heterocycles. The van der Waals surface area contributed by atoms with E-state index in [2.05, 4.69) is 0 Å². The van der Waals surface area contributed by atoms with Crippen LogP contribution in [0.1, 0.15) is 10.4 Å². The number of thiophene rings is 1. The molecule has 0 aliphatic carbocycles. The highest BCUT2D eigenvalue weighted by Gasteiger charge is 2.28. The summed E-state index contributed by atoms with van der Waals surface area (Å²) < 4.78 is 26.6. The molecule has 1 aliphatic rings. The molecule has 0 unspecified atom stereocenters. The first-order chi connectivity index (χ1) is 9.07. The number of hydrogen-bond acceptors (Lipinski definition) is 4. The van der Waals surface area contributed by atoms with Gasteiger partial charge in [-0.05, 0) is 47.7 Å². The number of benzene rings is 1. The van der Waals surface area contributed by atoms with Crippen molar-refractivity contribution in [1.82, 2.24) is 4.31 Å². The Kier molecular flexibility index (Phi) is 3.08. The van der Waals surface area contributed by atoms with Crippen molar-refractivity contribution in [3.63, 3.8) is 0 Å². The molecule has 2 N–H and O–H groups in total. The largest absolute Gasteiger partial charge is 0.399 e. The molecule has 3 rings (SSSR count). The molecular formula is C13H14N2O2S2. The number of sulfonamides is 1. The minimum absolute atomic E-state index is 0.306. The molecule has 100 valence electrons. The van der Waals surface area contributed by atoms with Crippen molar-refractivity contribution in [3.05, 3.63) is 46.2 Å². The highest BCUT2D eigenvalue weighted by Crippen LogP contribution is 2.28. The number of rotatable bonds is 2. The van der Waals surface area contributed by atoms with E-state index in [4.69, 9.17) is 5.73 Å². The van der Waals surface area contributed by atoms with Gasteiger partial charge in [-0.15, -0.1) is 11.3 Å². The lowest BCUT2D eigenvalue weighted by Gasteiger charge is -2.26. The third kappa shape index (κ3) is 2.27. The van der Waals surface area contributed by atoms with Gasteiger partial charge >= 0.3 is 0 Å². The van der Waals surface area contributed by atoms with Gasteiger partial charge in [0.1, 0.15) is 0 Å². The Balaban J connectivity index is 1.92. The van der Waals surface area contributed by atoms with Gasteiger partial charge in [-0.25, -0.2) is 8.42 Å². The van der Waals surface area contributed by atoms with E-state index in [9.17, 15) is 8.42 Å². The third-order valence-corrected chi connectivity index (χ3v) is 6.17. The molecule has 0 saturated carbocycles. The van der Waals surface area contributed by atoms with Crippen LogP contribution in [0.15, 0.2) is 40.6 Å². The van der Waals surface area contributed by atoms with Crippen LogP contribution in [0.3, 0.4) is 0 Å². The number of fused-ring (bicyclic) bond motifs is 1. The fraction of sp³-hybridized carbons (Fsp3) is 0.231. The molecule has 2 heterocycles. The molecule has 0 fully saturated rings. The number of anilines is 1. The van der Waals surface area contributed by atoms with E-state index in [0.717, 1.165) is 12.0 Å². The second-order valence-corrected chi connectivity index (χ2v) is 7.47. The molecular weight excluding hydrogens is 280 g/mol. The van der Waals surface area contributed by atoms with Crippen molar-refractivity contribution in [3.8, 4) is 0 Å². The maximum absolute atomic E-state index is 12.5. The second-order valence-electron chi connectivity index (χ2n) is 4.53. The van der Waals surface area contributed by atoms with Gasteiger partial charge in [-0.1, -0.05) is 0 Å². The van der Waals surface area contributed by atoms with Crippen LogP contribution in [0.4, 0.5) is 5.69 Å². The van der Waals surface area contributed by atoms with E-state index < -0.39 is 10.0 Å². The third-order valence-electron chi connectivity index (χ3n) is 3.29. The summed E-state index contributed by atoms with van der Waals surface area (Å²) >= 11 is 1.70. The average molecular weight is 294 g/mol. The minimum atomic E-state index is -3.42. The van der Waals surface area contributed by atoms with Crippen molar-refractivity contribution in [2.45, 2.75) is 17.9 Å². The van der Waals surface area contributed by atoms with E-state index in [0.29, 0.717) is 23.7 Å². The van der Waals surface area contributed by atoms with Crippen molar-refractivity contribution >= 4 is 27.0 Å². The topological polar surface area (TPSA) is 63.4 Å². The summed E-state index contributed by atoms with van der Waals surface area (Å²) in [5.41, 5.74) is 7.28. The maximum Gasteiger partial charge on any atom is 0.243 e. The Labute approximate surface area is 116 Å². The number of nitrogens with zero attached hydrogens (tertiary/aromatic N) is 1. The van der Waals surface area contributed by atoms with Crippen LogP contribution in [0.25, 0.3) is 0 Å². The predicted octanol–water partition coefficient (Wildman–Crippen LogP) is 2.08. The zero-order chi connectivity index (χ0) is 13.5. The first-order valence-electron chi connectivity index (χ1n) is 5.98. The molecule has 19 heavy (non-hydrogen) atoms. The molecule has 0 amide bonds. The standard InChI is InChI=1S/C13H14N2O2S2/c14-11-1-3-12(4-2-11)19(16,17)15-7-5-13-10(9-15)6-8-18-13/h1-4,6,8H,5,7,9,14H2. The smallest absolute Gasteiger partial charge is 0.243 e. The molecule has 0 radical (unpaired) electrons. The number of nitrogen functional groups attached to an aromatic ring is 1. The number of hydrogen-bond donors (Lipinski definition) is 1. The molecule has 6 heteroatoms. The summed E-state index contributed by atoms with van der Waals surface area (Å²) in [5, 5.41) is 2.02. The van der Waals surface area contributed by atoms with Crippen LogP contribution >= 0.6 is 11.3 Å². The highest BCUT2D eigenvalue weighted by atomic mass is 32.2. The average Bonchev–Trinajstić information content (AvgIpc) is 2.86. The highest BCUT2D eigenvalue weighted by molar-refractivity contribution is 7.89. The van der Waals surface area contributed by atoms with Crippen molar-refractivity contribution in [1.29, 1.82) is 0 Å². The lowest BCUT2D eigenvalue weighted by Crippen LogP contribution is -2.35. The quantitative estimate of drug-likeness (QED) is 0.863. The summed E-state index contributed by atoms with van der Waals surface area (Å²) in [6.45, 7) is 1.01. The molecule has 0 bridgehead atoms. The Morgan fingerprint density at radius 3 is 2.63 bits per heavy atom. The summed E-state index contributed by atoms with van der Waals surface area (Å²) in [5.74, 6) is 0. The summed E-state index contributed by atoms with van der Waals surface area (Å²) in [6.07, 6.45) is 0.793. The molecule has 1 aromatic carbocycles. The molecule has 0 atom stereocenters. The molecule has 1 aliphatic heterocycles. The van der Waals surface area contributed by atoms with Gasteiger partial charge in [0, 0.05) is 23.7 Å². The fourth-order valence-electron chi connectivity index (χ4n) is 2.22. The van der Waals surface area contributed by atoms with E-state index >= 15 is 0 Å². The van der Waals surface area contributed by atoms with Crippen molar-refractivity contribution in [2.75, 3.05) is 12.3 Å². The van der Waals surface area contributed by atoms with E-state index in [-0.39, 0.29) is 0 Å². The van der Waals surface area contributed by atoms with Crippen molar-refractivity contribution < 1.29 is 8.42 Å². The van der Waals surface area contributed by atoms with Gasteiger partial charge in [0.05, 0.1) is 4.90 Å². The summed E-state index contributed by atoms with van der Waals surface area (Å²) in [6, 6.07) is 8.37. The first-order valence-corrected chi connectivity index (χ1v) is 8.30. The maximum atomic E-state index is 12.5. The van der Waals surface area contributed by atoms with Crippen LogP contribution in [-0.2, 0) is 23.0 Å².